The molecule has 6 aromatic carbocycles. The monoisotopic (exact) mass is 1040 g/mol. The molecule has 1 aliphatic rings. The molecule has 0 atom stereocenters. The van der Waals surface area contributed by atoms with E-state index in [0.29, 0.717) is 16.8 Å². The van der Waals surface area contributed by atoms with Crippen molar-refractivity contribution in [2.75, 3.05) is 0 Å². The summed E-state index contributed by atoms with van der Waals surface area (Å²) in [5.74, 6) is 0. The standard InChI is InChI=1S/C31H26NO.C30H36N.Ir/c1-19-18-32-28(15-22(19)17-31(2,3)4)25-11-7-10-24-27-14-21-13-12-20-8-5-6-9-23(20)26(21)16-29(27)33-30(24)25;1-27(2,3)21-16-17-31-26(19-21)20-14-15-25-23(18-20)22-12-10-11-13-24(22)28(4,5)30(8,9)29(25,6)7;/h5-10,12-16,18H,17H2,1-4H3;10-13,15-19H,1-9H3;/q2*-1;/i1D3,17D2;;. The van der Waals surface area contributed by atoms with E-state index in [1.54, 1.807) is 32.9 Å². The van der Waals surface area contributed by atoms with Crippen molar-refractivity contribution in [2.45, 2.75) is 113 Å². The van der Waals surface area contributed by atoms with Crippen LogP contribution in [0.2, 0.25) is 0 Å². The topological polar surface area (TPSA) is 38.9 Å². The van der Waals surface area contributed by atoms with Gasteiger partial charge in [0, 0.05) is 44.7 Å². The Morgan fingerprint density at radius 2 is 1.38 bits per heavy atom. The van der Waals surface area contributed by atoms with Crippen LogP contribution in [0.1, 0.15) is 118 Å². The summed E-state index contributed by atoms with van der Waals surface area (Å²) in [5.41, 5.74) is 10.4. The first-order valence-electron chi connectivity index (χ1n) is 25.0. The molecular formula is C61H62IrN2O-2. The van der Waals surface area contributed by atoms with Crippen LogP contribution in [-0.2, 0) is 42.7 Å². The van der Waals surface area contributed by atoms with Crippen LogP contribution in [0.25, 0.3) is 77.1 Å². The Morgan fingerprint density at radius 3 is 2.14 bits per heavy atom. The fraction of sp³-hybridized carbons (Fsp3) is 0.311. The molecule has 0 bridgehead atoms. The van der Waals surface area contributed by atoms with Crippen LogP contribution in [0.5, 0.6) is 0 Å². The molecule has 1 aliphatic carbocycles. The molecule has 3 heterocycles. The van der Waals surface area contributed by atoms with Gasteiger partial charge in [-0.25, -0.2) is 0 Å². The first kappa shape index (κ1) is 39.9. The Labute approximate surface area is 407 Å². The minimum Gasteiger partial charge on any atom is -0.501 e. The number of furan rings is 1. The summed E-state index contributed by atoms with van der Waals surface area (Å²) in [6.45, 7) is 23.9. The molecule has 333 valence electrons. The second-order valence-corrected chi connectivity index (χ2v) is 21.3. The molecule has 3 nitrogen and oxygen atoms in total. The van der Waals surface area contributed by atoms with Crippen molar-refractivity contribution in [3.8, 4) is 33.6 Å². The fourth-order valence-corrected chi connectivity index (χ4v) is 9.67. The van der Waals surface area contributed by atoms with Gasteiger partial charge in [-0.2, -0.15) is 0 Å². The molecule has 0 N–H and O–H groups in total. The van der Waals surface area contributed by atoms with E-state index in [2.05, 4.69) is 164 Å². The zero-order valence-corrected chi connectivity index (χ0v) is 42.2. The average molecular weight is 1040 g/mol. The van der Waals surface area contributed by atoms with Crippen molar-refractivity contribution in [3.63, 3.8) is 0 Å². The molecule has 0 saturated carbocycles. The SMILES string of the molecule is CC(C)(C)c1ccnc(-c2[c-]cc3c(c2)-c2ccccc2C(C)(C)C(C)(C)C3(C)C)c1.[2H]C([2H])([2H])c1cnc(-c2[c-]ccc3c2oc2cc4c(ccc5ccccc54)cc23)cc1C([2H])([2H])C(C)(C)C.[Ir]. The van der Waals surface area contributed by atoms with Gasteiger partial charge in [0.15, 0.2) is 0 Å². The van der Waals surface area contributed by atoms with E-state index in [1.165, 1.54) is 34.0 Å². The van der Waals surface area contributed by atoms with E-state index in [1.807, 2.05) is 24.4 Å². The molecule has 65 heavy (non-hydrogen) atoms. The normalized spacial score (nSPS) is 16.7. The van der Waals surface area contributed by atoms with Crippen molar-refractivity contribution in [2.24, 2.45) is 10.8 Å². The molecule has 0 spiro atoms. The maximum atomic E-state index is 8.85. The Hall–Kier alpha value is -5.41. The summed E-state index contributed by atoms with van der Waals surface area (Å²) >= 11 is 0. The van der Waals surface area contributed by atoms with Crippen LogP contribution >= 0.6 is 0 Å². The van der Waals surface area contributed by atoms with E-state index < -0.39 is 18.6 Å². The van der Waals surface area contributed by atoms with E-state index in [0.717, 1.165) is 49.2 Å². The predicted octanol–water partition coefficient (Wildman–Crippen LogP) is 16.8. The smallest absolute Gasteiger partial charge is 0.121 e. The molecule has 0 unspecified atom stereocenters. The zero-order valence-electron chi connectivity index (χ0n) is 44.8. The molecule has 0 saturated heterocycles. The Balaban J connectivity index is 0.000000190. The largest absolute Gasteiger partial charge is 0.501 e. The number of rotatable bonds is 3. The van der Waals surface area contributed by atoms with Crippen LogP contribution in [0, 0.1) is 29.8 Å². The molecule has 9 aromatic rings. The van der Waals surface area contributed by atoms with Crippen molar-refractivity contribution in [1.82, 2.24) is 9.97 Å². The number of aryl methyl sites for hydroxylation is 1. The van der Waals surface area contributed by atoms with Gasteiger partial charge in [0.1, 0.15) is 5.58 Å². The zero-order chi connectivity index (χ0) is 49.9. The first-order chi connectivity index (χ1) is 32.1. The van der Waals surface area contributed by atoms with E-state index in [-0.39, 0.29) is 52.9 Å². The van der Waals surface area contributed by atoms with Gasteiger partial charge in [-0.15, -0.1) is 47.5 Å². The van der Waals surface area contributed by atoms with Crippen LogP contribution in [0.3, 0.4) is 0 Å². The van der Waals surface area contributed by atoms with Gasteiger partial charge in [-0.05, 0) is 114 Å². The van der Waals surface area contributed by atoms with E-state index >= 15 is 0 Å². The third-order valence-corrected chi connectivity index (χ3v) is 14.5. The summed E-state index contributed by atoms with van der Waals surface area (Å²) < 4.78 is 48.1. The van der Waals surface area contributed by atoms with Gasteiger partial charge in [0.2, 0.25) is 0 Å². The van der Waals surface area contributed by atoms with Gasteiger partial charge in [0.05, 0.1) is 5.58 Å². The molecule has 4 heteroatoms. The first-order valence-corrected chi connectivity index (χ1v) is 22.5. The summed E-state index contributed by atoms with van der Waals surface area (Å²) in [4.78, 5) is 9.18. The van der Waals surface area contributed by atoms with Crippen molar-refractivity contribution >= 4 is 43.5 Å². The summed E-state index contributed by atoms with van der Waals surface area (Å²) in [6.07, 6.45) is 1.28. The molecule has 1 radical (unpaired) electrons. The van der Waals surface area contributed by atoms with Gasteiger partial charge >= 0.3 is 0 Å². The van der Waals surface area contributed by atoms with Crippen molar-refractivity contribution in [3.05, 3.63) is 168 Å². The second kappa shape index (κ2) is 16.5. The number of hydrogen-bond acceptors (Lipinski definition) is 3. The maximum Gasteiger partial charge on any atom is 0.121 e. The number of benzene rings is 6. The third kappa shape index (κ3) is 8.06. The number of pyridine rings is 2. The van der Waals surface area contributed by atoms with Crippen LogP contribution in [-0.4, -0.2) is 9.97 Å². The maximum absolute atomic E-state index is 8.85. The van der Waals surface area contributed by atoms with Gasteiger partial charge < -0.3 is 14.4 Å². The molecule has 0 aliphatic heterocycles. The molecule has 10 rings (SSSR count). The molecule has 0 amide bonds. The number of hydrogen-bond donors (Lipinski definition) is 0. The summed E-state index contributed by atoms with van der Waals surface area (Å²) in [7, 11) is 0. The molecule has 3 aromatic heterocycles. The summed E-state index contributed by atoms with van der Waals surface area (Å²) in [5, 5.41) is 6.36. The van der Waals surface area contributed by atoms with Gasteiger partial charge in [-0.1, -0.05) is 178 Å². The van der Waals surface area contributed by atoms with Crippen LogP contribution in [0.4, 0.5) is 0 Å². The van der Waals surface area contributed by atoms with E-state index in [4.69, 9.17) is 16.3 Å². The fourth-order valence-electron chi connectivity index (χ4n) is 9.67. The second-order valence-electron chi connectivity index (χ2n) is 21.3. The quantitative estimate of drug-likeness (QED) is 0.131. The van der Waals surface area contributed by atoms with Gasteiger partial charge in [-0.3, -0.25) is 0 Å². The average Bonchev–Trinajstić information content (AvgIpc) is 3.66. The Kier molecular flexibility index (Phi) is 10.1. The minimum atomic E-state index is -2.50. The van der Waals surface area contributed by atoms with Crippen LogP contribution in [0.15, 0.2) is 132 Å². The molecular weight excluding hydrogens is 969 g/mol. The summed E-state index contributed by atoms with van der Waals surface area (Å²) in [6, 6.07) is 46.6. The van der Waals surface area contributed by atoms with Gasteiger partial charge in [0.25, 0.3) is 0 Å². The molecule has 0 fully saturated rings. The number of nitrogens with zero attached hydrogens (tertiary/aromatic N) is 2. The third-order valence-electron chi connectivity index (χ3n) is 14.5. The van der Waals surface area contributed by atoms with Crippen molar-refractivity contribution < 1.29 is 31.4 Å². The van der Waals surface area contributed by atoms with Crippen LogP contribution < -0.4 is 0 Å². The number of fused-ring (bicyclic) bond motifs is 9. The van der Waals surface area contributed by atoms with Crippen molar-refractivity contribution in [1.29, 1.82) is 0 Å². The predicted molar refractivity (Wildman–Crippen MR) is 271 cm³/mol. The Bertz CT molecular complexity index is 3480. The van der Waals surface area contributed by atoms with E-state index in [9.17, 15) is 0 Å². The number of aromatic nitrogens is 2. The Morgan fingerprint density at radius 1 is 0.662 bits per heavy atom. The minimum absolute atomic E-state index is 0.